The molecule has 0 atom stereocenters. The highest BCUT2D eigenvalue weighted by Gasteiger charge is 2.18. The molecule has 0 amide bonds. The van der Waals surface area contributed by atoms with E-state index in [1.165, 1.54) is 0 Å². The molecule has 4 nitrogen and oxygen atoms in total. The van der Waals surface area contributed by atoms with Crippen LogP contribution in [-0.2, 0) is 0 Å². The summed E-state index contributed by atoms with van der Waals surface area (Å²) in [6.45, 7) is 3.71. The zero-order valence-corrected chi connectivity index (χ0v) is 14.1. The minimum absolute atomic E-state index is 0.741. The highest BCUT2D eigenvalue weighted by molar-refractivity contribution is 9.10. The van der Waals surface area contributed by atoms with Crippen LogP contribution in [0.25, 0.3) is 22.2 Å². The number of aromatic amines is 1. The third-order valence-electron chi connectivity index (χ3n) is 4.18. The molecule has 3 aromatic rings. The first-order chi connectivity index (χ1) is 10.6. The maximum absolute atomic E-state index is 5.73. The van der Waals surface area contributed by atoms with Gasteiger partial charge in [0.2, 0.25) is 0 Å². The molecule has 0 spiro atoms. The van der Waals surface area contributed by atoms with E-state index in [1.807, 2.05) is 12.4 Å². The van der Waals surface area contributed by atoms with Crippen LogP contribution in [0.1, 0.15) is 5.56 Å². The molecule has 2 aromatic heterocycles. The van der Waals surface area contributed by atoms with E-state index in [1.54, 1.807) is 0 Å². The van der Waals surface area contributed by atoms with Crippen molar-refractivity contribution in [2.75, 3.05) is 25.1 Å². The zero-order valence-electron chi connectivity index (χ0n) is 12.5. The Morgan fingerprint density at radius 2 is 2.23 bits per heavy atom. The van der Waals surface area contributed by atoms with Crippen LogP contribution in [0, 0.1) is 6.92 Å². The molecule has 0 saturated carbocycles. The summed E-state index contributed by atoms with van der Waals surface area (Å²) in [6.07, 6.45) is 3.90. The van der Waals surface area contributed by atoms with Crippen LogP contribution in [0.5, 0.6) is 5.75 Å². The van der Waals surface area contributed by atoms with Gasteiger partial charge in [-0.05, 0) is 46.1 Å². The predicted octanol–water partition coefficient (Wildman–Crippen LogP) is 4.13. The van der Waals surface area contributed by atoms with Crippen LogP contribution in [0.3, 0.4) is 0 Å². The zero-order chi connectivity index (χ0) is 15.3. The number of halogens is 1. The SMILES string of the molecule is Cc1cnc2[nH]cc(-c3ccc4c(c3)N(C)CCO4)c2c1Br. The van der Waals surface area contributed by atoms with Crippen molar-refractivity contribution in [2.45, 2.75) is 6.92 Å². The predicted molar refractivity (Wildman–Crippen MR) is 92.7 cm³/mol. The number of benzene rings is 1. The number of anilines is 1. The standard InChI is InChI=1S/C17H16BrN3O/c1-10-8-19-17-15(16(10)18)12(9-20-17)11-3-4-14-13(7-11)21(2)5-6-22-14/h3-4,7-9H,5-6H2,1-2H3,(H,19,20). The number of aromatic nitrogens is 2. The quantitative estimate of drug-likeness (QED) is 0.711. The summed E-state index contributed by atoms with van der Waals surface area (Å²) in [7, 11) is 2.10. The molecule has 1 aromatic carbocycles. The molecule has 112 valence electrons. The maximum atomic E-state index is 5.73. The molecule has 1 N–H and O–H groups in total. The van der Waals surface area contributed by atoms with Crippen LogP contribution in [0.4, 0.5) is 5.69 Å². The van der Waals surface area contributed by atoms with Gasteiger partial charge in [0.05, 0.1) is 12.2 Å². The first-order valence-electron chi connectivity index (χ1n) is 7.25. The molecular weight excluding hydrogens is 342 g/mol. The molecule has 0 aliphatic carbocycles. The number of pyridine rings is 1. The first-order valence-corrected chi connectivity index (χ1v) is 8.05. The molecule has 1 aliphatic rings. The number of aryl methyl sites for hydroxylation is 1. The average molecular weight is 358 g/mol. The summed E-state index contributed by atoms with van der Waals surface area (Å²) in [5.74, 6) is 0.950. The van der Waals surface area contributed by atoms with Crippen LogP contribution in [0.15, 0.2) is 35.1 Å². The smallest absolute Gasteiger partial charge is 0.142 e. The lowest BCUT2D eigenvalue weighted by molar-refractivity contribution is 0.311. The fourth-order valence-electron chi connectivity index (χ4n) is 2.90. The van der Waals surface area contributed by atoms with Gasteiger partial charge < -0.3 is 14.6 Å². The second kappa shape index (κ2) is 5.02. The van der Waals surface area contributed by atoms with Crippen molar-refractivity contribution >= 4 is 32.7 Å². The Morgan fingerprint density at radius 1 is 1.36 bits per heavy atom. The molecule has 0 bridgehead atoms. The van der Waals surface area contributed by atoms with Crippen molar-refractivity contribution in [2.24, 2.45) is 0 Å². The van der Waals surface area contributed by atoms with Crippen molar-refractivity contribution in [3.05, 3.63) is 40.6 Å². The molecule has 3 heterocycles. The van der Waals surface area contributed by atoms with Gasteiger partial charge in [-0.2, -0.15) is 0 Å². The molecule has 0 radical (unpaired) electrons. The van der Waals surface area contributed by atoms with E-state index in [9.17, 15) is 0 Å². The Labute approximate surface area is 137 Å². The van der Waals surface area contributed by atoms with Crippen molar-refractivity contribution in [1.82, 2.24) is 9.97 Å². The number of hydrogen-bond acceptors (Lipinski definition) is 3. The van der Waals surface area contributed by atoms with Gasteiger partial charge in [0.1, 0.15) is 18.0 Å². The third-order valence-corrected chi connectivity index (χ3v) is 5.20. The molecule has 22 heavy (non-hydrogen) atoms. The highest BCUT2D eigenvalue weighted by atomic mass is 79.9. The van der Waals surface area contributed by atoms with Crippen molar-refractivity contribution in [1.29, 1.82) is 0 Å². The summed E-state index contributed by atoms with van der Waals surface area (Å²) < 4.78 is 6.82. The summed E-state index contributed by atoms with van der Waals surface area (Å²) in [5, 5.41) is 1.12. The number of hydrogen-bond donors (Lipinski definition) is 1. The van der Waals surface area contributed by atoms with Gasteiger partial charge in [0.15, 0.2) is 0 Å². The monoisotopic (exact) mass is 357 g/mol. The summed E-state index contributed by atoms with van der Waals surface area (Å²) in [4.78, 5) is 9.96. The van der Waals surface area contributed by atoms with Crippen molar-refractivity contribution in [3.63, 3.8) is 0 Å². The molecule has 0 unspecified atom stereocenters. The van der Waals surface area contributed by atoms with Gasteiger partial charge >= 0.3 is 0 Å². The molecule has 5 heteroatoms. The Kier molecular flexibility index (Phi) is 3.11. The lowest BCUT2D eigenvalue weighted by Gasteiger charge is -2.28. The number of nitrogens with zero attached hydrogens (tertiary/aromatic N) is 2. The van der Waals surface area contributed by atoms with Crippen LogP contribution < -0.4 is 9.64 Å². The van der Waals surface area contributed by atoms with E-state index in [2.05, 4.69) is 63.0 Å². The molecule has 0 fully saturated rings. The lowest BCUT2D eigenvalue weighted by Crippen LogP contribution is -2.28. The Hall–Kier alpha value is -2.01. The Balaban J connectivity index is 1.93. The van der Waals surface area contributed by atoms with E-state index in [4.69, 9.17) is 4.74 Å². The van der Waals surface area contributed by atoms with Crippen molar-refractivity contribution in [3.8, 4) is 16.9 Å². The normalized spacial score (nSPS) is 14.0. The van der Waals surface area contributed by atoms with Crippen LogP contribution in [-0.4, -0.2) is 30.2 Å². The number of fused-ring (bicyclic) bond motifs is 2. The Morgan fingerprint density at radius 3 is 3.09 bits per heavy atom. The van der Waals surface area contributed by atoms with Gasteiger partial charge in [-0.15, -0.1) is 0 Å². The minimum atomic E-state index is 0.741. The second-order valence-corrected chi connectivity index (χ2v) is 6.43. The largest absolute Gasteiger partial charge is 0.490 e. The fourth-order valence-corrected chi connectivity index (χ4v) is 3.40. The number of likely N-dealkylation sites (N-methyl/N-ethyl adjacent to an activating group) is 1. The van der Waals surface area contributed by atoms with Crippen LogP contribution >= 0.6 is 15.9 Å². The van der Waals surface area contributed by atoms with Gasteiger partial charge in [0.25, 0.3) is 0 Å². The van der Waals surface area contributed by atoms with E-state index >= 15 is 0 Å². The van der Waals surface area contributed by atoms with E-state index in [0.29, 0.717) is 0 Å². The number of H-pyrrole nitrogens is 1. The fraction of sp³-hybridized carbons (Fsp3) is 0.235. The van der Waals surface area contributed by atoms with E-state index in [0.717, 1.165) is 56.8 Å². The van der Waals surface area contributed by atoms with E-state index in [-0.39, 0.29) is 0 Å². The number of ether oxygens (including phenoxy) is 1. The third kappa shape index (κ3) is 2.00. The van der Waals surface area contributed by atoms with E-state index < -0.39 is 0 Å². The number of nitrogens with one attached hydrogen (secondary N) is 1. The summed E-state index contributed by atoms with van der Waals surface area (Å²) >= 11 is 3.70. The van der Waals surface area contributed by atoms with Gasteiger partial charge in [-0.3, -0.25) is 0 Å². The molecule has 4 rings (SSSR count). The first kappa shape index (κ1) is 13.6. The number of rotatable bonds is 1. The second-order valence-electron chi connectivity index (χ2n) is 5.63. The maximum Gasteiger partial charge on any atom is 0.142 e. The lowest BCUT2D eigenvalue weighted by atomic mass is 10.0. The Bertz CT molecular complexity index is 872. The summed E-state index contributed by atoms with van der Waals surface area (Å²) in [5.41, 5.74) is 5.48. The van der Waals surface area contributed by atoms with Gasteiger partial charge in [0, 0.05) is 34.9 Å². The average Bonchev–Trinajstić information content (AvgIpc) is 2.96. The minimum Gasteiger partial charge on any atom is -0.490 e. The highest BCUT2D eigenvalue weighted by Crippen LogP contribution is 2.39. The topological polar surface area (TPSA) is 41.2 Å². The molecule has 0 saturated heterocycles. The van der Waals surface area contributed by atoms with Gasteiger partial charge in [-0.1, -0.05) is 6.07 Å². The summed E-state index contributed by atoms with van der Waals surface area (Å²) in [6, 6.07) is 6.34. The van der Waals surface area contributed by atoms with Gasteiger partial charge in [-0.25, -0.2) is 4.98 Å². The van der Waals surface area contributed by atoms with Crippen LogP contribution in [0.2, 0.25) is 0 Å². The molecular formula is C17H16BrN3O. The van der Waals surface area contributed by atoms with Crippen molar-refractivity contribution < 1.29 is 4.74 Å². The molecule has 1 aliphatic heterocycles.